The van der Waals surface area contributed by atoms with Crippen LogP contribution in [0.5, 0.6) is 0 Å². The molecule has 0 radical (unpaired) electrons. The highest BCUT2D eigenvalue weighted by Crippen LogP contribution is 2.31. The molecule has 0 spiro atoms. The molecule has 1 aliphatic carbocycles. The Morgan fingerprint density at radius 3 is 2.79 bits per heavy atom. The highest BCUT2D eigenvalue weighted by Gasteiger charge is 2.34. The van der Waals surface area contributed by atoms with Crippen LogP contribution < -0.4 is 5.32 Å². The Morgan fingerprint density at radius 1 is 1.25 bits per heavy atom. The van der Waals surface area contributed by atoms with Crippen molar-refractivity contribution in [2.45, 2.75) is 25.3 Å². The van der Waals surface area contributed by atoms with Crippen molar-refractivity contribution in [3.8, 4) is 5.69 Å². The van der Waals surface area contributed by atoms with Crippen LogP contribution in [0.2, 0.25) is 5.02 Å². The van der Waals surface area contributed by atoms with Gasteiger partial charge >= 0.3 is 0 Å². The normalized spacial score (nSPS) is 21.1. The van der Waals surface area contributed by atoms with E-state index in [1.165, 1.54) is 25.8 Å². The van der Waals surface area contributed by atoms with Crippen LogP contribution in [0.25, 0.3) is 5.69 Å². The highest BCUT2D eigenvalue weighted by molar-refractivity contribution is 6.30. The second kappa shape index (κ2) is 6.57. The highest BCUT2D eigenvalue weighted by atomic mass is 35.5. The van der Waals surface area contributed by atoms with Crippen molar-refractivity contribution in [3.63, 3.8) is 0 Å². The van der Waals surface area contributed by atoms with E-state index in [4.69, 9.17) is 11.6 Å². The van der Waals surface area contributed by atoms with E-state index in [0.29, 0.717) is 16.5 Å². The van der Waals surface area contributed by atoms with Gasteiger partial charge in [-0.2, -0.15) is 5.10 Å². The zero-order valence-electron chi connectivity index (χ0n) is 13.5. The number of aromatic nitrogens is 2. The average molecular weight is 345 g/mol. The van der Waals surface area contributed by atoms with E-state index >= 15 is 0 Å². The molecule has 1 saturated heterocycles. The monoisotopic (exact) mass is 344 g/mol. The number of likely N-dealkylation sites (tertiary alicyclic amines) is 1. The molecule has 2 fully saturated rings. The molecule has 1 atom stereocenters. The number of nitrogens with zero attached hydrogens (tertiary/aromatic N) is 3. The van der Waals surface area contributed by atoms with E-state index in [1.54, 1.807) is 17.1 Å². The Balaban J connectivity index is 1.32. The Bertz CT molecular complexity index is 723. The van der Waals surface area contributed by atoms with Crippen molar-refractivity contribution in [1.82, 2.24) is 20.0 Å². The number of amides is 1. The fraction of sp³-hybridized carbons (Fsp3) is 0.444. The summed E-state index contributed by atoms with van der Waals surface area (Å²) in [6.45, 7) is 3.04. The first-order chi connectivity index (χ1) is 11.7. The van der Waals surface area contributed by atoms with Gasteiger partial charge in [-0.3, -0.25) is 4.79 Å². The average Bonchev–Trinajstić information content (AvgIpc) is 3.13. The van der Waals surface area contributed by atoms with Gasteiger partial charge in [-0.1, -0.05) is 11.6 Å². The van der Waals surface area contributed by atoms with E-state index in [9.17, 15) is 4.79 Å². The third kappa shape index (κ3) is 3.47. The number of nitrogens with one attached hydrogen (secondary N) is 1. The molecule has 6 heteroatoms. The maximum absolute atomic E-state index is 12.3. The lowest BCUT2D eigenvalue weighted by atomic mass is 10.1. The number of hydrogen-bond acceptors (Lipinski definition) is 3. The number of carbonyl (C=O) groups excluding carboxylic acids is 1. The Hall–Kier alpha value is -1.85. The van der Waals surface area contributed by atoms with Gasteiger partial charge in [-0.05, 0) is 56.0 Å². The van der Waals surface area contributed by atoms with E-state index in [1.807, 2.05) is 24.3 Å². The van der Waals surface area contributed by atoms with E-state index in [0.717, 1.165) is 24.8 Å². The molecule has 1 saturated carbocycles. The van der Waals surface area contributed by atoms with Gasteiger partial charge in [0.1, 0.15) is 0 Å². The summed E-state index contributed by atoms with van der Waals surface area (Å²) >= 11 is 5.89. The van der Waals surface area contributed by atoms with E-state index in [2.05, 4.69) is 15.3 Å². The number of rotatable bonds is 5. The summed E-state index contributed by atoms with van der Waals surface area (Å²) in [4.78, 5) is 14.9. The Labute approximate surface area is 146 Å². The quantitative estimate of drug-likeness (QED) is 0.907. The van der Waals surface area contributed by atoms with Gasteiger partial charge in [0.25, 0.3) is 5.91 Å². The molecule has 2 heterocycles. The van der Waals surface area contributed by atoms with Crippen LogP contribution in [0.4, 0.5) is 0 Å². The van der Waals surface area contributed by atoms with Crippen molar-refractivity contribution < 1.29 is 4.79 Å². The molecule has 1 N–H and O–H groups in total. The molecule has 1 aliphatic heterocycles. The minimum absolute atomic E-state index is 0.0555. The summed E-state index contributed by atoms with van der Waals surface area (Å²) in [6.07, 6.45) is 7.24. The molecule has 1 amide bonds. The minimum Gasteiger partial charge on any atom is -0.352 e. The van der Waals surface area contributed by atoms with Crippen LogP contribution in [0, 0.1) is 5.92 Å². The van der Waals surface area contributed by atoms with Crippen LogP contribution >= 0.6 is 11.6 Å². The van der Waals surface area contributed by atoms with Gasteiger partial charge in [-0.25, -0.2) is 4.68 Å². The van der Waals surface area contributed by atoms with Crippen LogP contribution in [-0.4, -0.2) is 46.3 Å². The maximum Gasteiger partial charge on any atom is 0.254 e. The summed E-state index contributed by atoms with van der Waals surface area (Å²) in [5, 5.41) is 8.00. The number of halogens is 1. The molecule has 126 valence electrons. The summed E-state index contributed by atoms with van der Waals surface area (Å²) < 4.78 is 1.69. The van der Waals surface area contributed by atoms with Crippen molar-refractivity contribution in [2.75, 3.05) is 19.6 Å². The fourth-order valence-corrected chi connectivity index (χ4v) is 3.44. The lowest BCUT2D eigenvalue weighted by Crippen LogP contribution is -2.31. The lowest BCUT2D eigenvalue weighted by molar-refractivity contribution is 0.0947. The summed E-state index contributed by atoms with van der Waals surface area (Å²) in [5.74, 6) is 0.515. The summed E-state index contributed by atoms with van der Waals surface area (Å²) in [6, 6.07) is 8.20. The first kappa shape index (κ1) is 15.7. The molecule has 4 rings (SSSR count). The van der Waals surface area contributed by atoms with Crippen LogP contribution in [0.15, 0.2) is 36.7 Å². The summed E-state index contributed by atoms with van der Waals surface area (Å²) in [7, 11) is 0. The van der Waals surface area contributed by atoms with E-state index < -0.39 is 0 Å². The number of benzene rings is 1. The predicted molar refractivity (Wildman–Crippen MR) is 93.6 cm³/mol. The Morgan fingerprint density at radius 2 is 2.04 bits per heavy atom. The van der Waals surface area contributed by atoms with E-state index in [-0.39, 0.29) is 5.91 Å². The van der Waals surface area contributed by atoms with Gasteiger partial charge in [0.15, 0.2) is 0 Å². The van der Waals surface area contributed by atoms with Gasteiger partial charge < -0.3 is 10.2 Å². The molecule has 0 unspecified atom stereocenters. The zero-order valence-corrected chi connectivity index (χ0v) is 14.2. The largest absolute Gasteiger partial charge is 0.352 e. The minimum atomic E-state index is -0.0555. The van der Waals surface area contributed by atoms with Crippen molar-refractivity contribution in [1.29, 1.82) is 0 Å². The zero-order chi connectivity index (χ0) is 16.5. The first-order valence-electron chi connectivity index (χ1n) is 8.52. The maximum atomic E-state index is 12.3. The molecule has 1 aromatic heterocycles. The molecular formula is C18H21ClN4O. The Kier molecular flexibility index (Phi) is 4.29. The van der Waals surface area contributed by atoms with Gasteiger partial charge in [0, 0.05) is 30.4 Å². The first-order valence-corrected chi connectivity index (χ1v) is 8.90. The smallest absolute Gasteiger partial charge is 0.254 e. The van der Waals surface area contributed by atoms with Crippen LogP contribution in [0.3, 0.4) is 0 Å². The molecule has 0 bridgehead atoms. The van der Waals surface area contributed by atoms with Crippen molar-refractivity contribution in [3.05, 3.63) is 47.2 Å². The molecule has 24 heavy (non-hydrogen) atoms. The summed E-state index contributed by atoms with van der Waals surface area (Å²) in [5.41, 5.74) is 1.47. The fourth-order valence-electron chi connectivity index (χ4n) is 3.31. The molecule has 2 aliphatic rings. The molecule has 5 nitrogen and oxygen atoms in total. The second-order valence-electron chi connectivity index (χ2n) is 6.74. The van der Waals surface area contributed by atoms with Gasteiger partial charge in [-0.15, -0.1) is 0 Å². The molecular weight excluding hydrogens is 324 g/mol. The predicted octanol–water partition coefficient (Wildman–Crippen LogP) is 2.74. The van der Waals surface area contributed by atoms with Crippen LogP contribution in [0.1, 0.15) is 29.6 Å². The van der Waals surface area contributed by atoms with Crippen LogP contribution in [-0.2, 0) is 0 Å². The van der Waals surface area contributed by atoms with Gasteiger partial charge in [0.2, 0.25) is 0 Å². The molecule has 1 aromatic carbocycles. The third-order valence-electron chi connectivity index (χ3n) is 4.87. The standard InChI is InChI=1S/C18H21ClN4O/c19-15-1-3-17(4-2-15)23-12-14(10-21-23)18(24)20-9-13-7-8-22(11-13)16-5-6-16/h1-4,10,12-13,16H,5-9,11H2,(H,20,24)/t13-/m1/s1. The topological polar surface area (TPSA) is 50.2 Å². The molecule has 2 aromatic rings. The SMILES string of the molecule is O=C(NC[C@H]1CCN(C2CC2)C1)c1cnn(-c2ccc(Cl)cc2)c1. The second-order valence-corrected chi connectivity index (χ2v) is 7.18. The lowest BCUT2D eigenvalue weighted by Gasteiger charge is -2.14. The van der Waals surface area contributed by atoms with Gasteiger partial charge in [0.05, 0.1) is 17.4 Å². The number of carbonyl (C=O) groups is 1. The third-order valence-corrected chi connectivity index (χ3v) is 5.12. The number of hydrogen-bond donors (Lipinski definition) is 1. The van der Waals surface area contributed by atoms with Crippen molar-refractivity contribution >= 4 is 17.5 Å². The van der Waals surface area contributed by atoms with Crippen molar-refractivity contribution in [2.24, 2.45) is 5.92 Å².